The van der Waals surface area contributed by atoms with Crippen LogP contribution in [0.4, 0.5) is 4.79 Å². The molecule has 0 aromatic heterocycles. The number of amides is 1. The molecule has 0 fully saturated rings. The lowest BCUT2D eigenvalue weighted by atomic mass is 10.2. The Labute approximate surface area is 141 Å². The fraction of sp³-hybridized carbons (Fsp3) is 0.235. The Morgan fingerprint density at radius 1 is 0.917 bits per heavy atom. The molecule has 1 amide bonds. The topological polar surface area (TPSA) is 84.5 Å². The zero-order valence-electron chi connectivity index (χ0n) is 13.1. The van der Waals surface area contributed by atoms with E-state index >= 15 is 0 Å². The van der Waals surface area contributed by atoms with Gasteiger partial charge in [0.2, 0.25) is 10.0 Å². The third-order valence-corrected chi connectivity index (χ3v) is 4.52. The van der Waals surface area contributed by atoms with Crippen molar-refractivity contribution in [3.63, 3.8) is 0 Å². The van der Waals surface area contributed by atoms with Crippen LogP contribution < -0.4 is 10.0 Å². The van der Waals surface area contributed by atoms with Gasteiger partial charge in [-0.3, -0.25) is 0 Å². The first kappa shape index (κ1) is 18.0. The first-order valence-electron chi connectivity index (χ1n) is 7.51. The number of ether oxygens (including phenoxy) is 1. The summed E-state index contributed by atoms with van der Waals surface area (Å²) in [6.45, 7) is 0.352. The third-order valence-electron chi connectivity index (χ3n) is 3.19. The molecule has 128 valence electrons. The molecule has 2 aromatic carbocycles. The summed E-state index contributed by atoms with van der Waals surface area (Å²) in [6, 6.07) is 18.5. The van der Waals surface area contributed by atoms with E-state index in [1.807, 2.05) is 60.7 Å². The zero-order valence-corrected chi connectivity index (χ0v) is 14.0. The molecule has 0 atom stereocenters. The standard InChI is InChI=1S/C17H20N2O4S/c20-17(23-14-16-9-5-2-6-10-16)18-11-12-24(21,22)19-13-15-7-3-1-4-8-15/h1-10,19H,11-14H2,(H,18,20). The number of hydrogen-bond donors (Lipinski definition) is 2. The molecule has 0 unspecified atom stereocenters. The lowest BCUT2D eigenvalue weighted by Gasteiger charge is -2.09. The van der Waals surface area contributed by atoms with Gasteiger partial charge >= 0.3 is 6.09 Å². The third kappa shape index (κ3) is 6.80. The SMILES string of the molecule is O=C(NCCS(=O)(=O)NCc1ccccc1)OCc1ccccc1. The van der Waals surface area contributed by atoms with Crippen LogP contribution >= 0.6 is 0 Å². The van der Waals surface area contributed by atoms with Crippen molar-refractivity contribution in [1.29, 1.82) is 0 Å². The summed E-state index contributed by atoms with van der Waals surface area (Å²) in [5.74, 6) is -0.208. The molecular weight excluding hydrogens is 328 g/mol. The summed E-state index contributed by atoms with van der Waals surface area (Å²) in [5.41, 5.74) is 1.74. The van der Waals surface area contributed by atoms with E-state index in [-0.39, 0.29) is 25.4 Å². The van der Waals surface area contributed by atoms with Gasteiger partial charge in [0.25, 0.3) is 0 Å². The van der Waals surface area contributed by atoms with Crippen LogP contribution in [-0.2, 0) is 27.9 Å². The highest BCUT2D eigenvalue weighted by molar-refractivity contribution is 7.89. The summed E-state index contributed by atoms with van der Waals surface area (Å²) >= 11 is 0. The molecule has 0 aliphatic carbocycles. The van der Waals surface area contributed by atoms with Crippen LogP contribution in [-0.4, -0.2) is 26.8 Å². The second kappa shape index (κ2) is 9.05. The second-order valence-corrected chi connectivity index (χ2v) is 7.04. The van der Waals surface area contributed by atoms with Crippen molar-refractivity contribution >= 4 is 16.1 Å². The Kier molecular flexibility index (Phi) is 6.77. The van der Waals surface area contributed by atoms with Crippen LogP contribution in [0.5, 0.6) is 0 Å². The molecule has 2 aromatic rings. The number of carbonyl (C=O) groups excluding carboxylic acids is 1. The number of hydrogen-bond acceptors (Lipinski definition) is 4. The van der Waals surface area contributed by atoms with Crippen molar-refractivity contribution in [2.45, 2.75) is 13.2 Å². The van der Waals surface area contributed by atoms with Crippen LogP contribution in [0.15, 0.2) is 60.7 Å². The van der Waals surface area contributed by atoms with E-state index in [2.05, 4.69) is 10.0 Å². The first-order valence-corrected chi connectivity index (χ1v) is 9.16. The molecule has 0 saturated heterocycles. The number of carbonyl (C=O) groups is 1. The van der Waals surface area contributed by atoms with Gasteiger partial charge in [0, 0.05) is 13.1 Å². The molecule has 0 bridgehead atoms. The van der Waals surface area contributed by atoms with Crippen LogP contribution in [0.1, 0.15) is 11.1 Å². The lowest BCUT2D eigenvalue weighted by Crippen LogP contribution is -2.34. The number of rotatable bonds is 8. The summed E-state index contributed by atoms with van der Waals surface area (Å²) in [6.07, 6.45) is -0.642. The van der Waals surface area contributed by atoms with Crippen molar-refractivity contribution in [1.82, 2.24) is 10.0 Å². The smallest absolute Gasteiger partial charge is 0.407 e. The normalized spacial score (nSPS) is 11.0. The van der Waals surface area contributed by atoms with Crippen LogP contribution in [0.2, 0.25) is 0 Å². The fourth-order valence-electron chi connectivity index (χ4n) is 1.92. The highest BCUT2D eigenvalue weighted by atomic mass is 32.2. The highest BCUT2D eigenvalue weighted by Gasteiger charge is 2.11. The Bertz CT molecular complexity index is 734. The van der Waals surface area contributed by atoms with Gasteiger partial charge in [-0.1, -0.05) is 60.7 Å². The van der Waals surface area contributed by atoms with E-state index in [1.165, 1.54) is 0 Å². The lowest BCUT2D eigenvalue weighted by molar-refractivity contribution is 0.140. The van der Waals surface area contributed by atoms with E-state index < -0.39 is 16.1 Å². The van der Waals surface area contributed by atoms with Crippen molar-refractivity contribution < 1.29 is 17.9 Å². The van der Waals surface area contributed by atoms with Crippen molar-refractivity contribution in [3.8, 4) is 0 Å². The molecule has 2 rings (SSSR count). The maximum absolute atomic E-state index is 11.9. The summed E-state index contributed by atoms with van der Waals surface area (Å²) in [4.78, 5) is 11.5. The predicted molar refractivity (Wildman–Crippen MR) is 91.7 cm³/mol. The quantitative estimate of drug-likeness (QED) is 0.764. The maximum Gasteiger partial charge on any atom is 0.407 e. The maximum atomic E-state index is 11.9. The summed E-state index contributed by atoms with van der Waals surface area (Å²) in [7, 11) is -3.46. The van der Waals surface area contributed by atoms with Gasteiger partial charge in [-0.15, -0.1) is 0 Å². The number of alkyl carbamates (subject to hydrolysis) is 1. The molecule has 0 aliphatic heterocycles. The van der Waals surface area contributed by atoms with Gasteiger partial charge in [0.1, 0.15) is 6.61 Å². The minimum Gasteiger partial charge on any atom is -0.445 e. The Morgan fingerprint density at radius 2 is 1.50 bits per heavy atom. The second-order valence-electron chi connectivity index (χ2n) is 5.11. The van der Waals surface area contributed by atoms with E-state index in [1.54, 1.807) is 0 Å². The minimum atomic E-state index is -3.46. The monoisotopic (exact) mass is 348 g/mol. The average molecular weight is 348 g/mol. The minimum absolute atomic E-state index is 0.0161. The molecule has 2 N–H and O–H groups in total. The van der Waals surface area contributed by atoms with Crippen LogP contribution in [0.25, 0.3) is 0 Å². The summed E-state index contributed by atoms with van der Waals surface area (Å²) < 4.78 is 31.2. The Hall–Kier alpha value is -2.38. The molecule has 0 radical (unpaired) electrons. The van der Waals surface area contributed by atoms with Gasteiger partial charge in [0.05, 0.1) is 5.75 Å². The Morgan fingerprint density at radius 3 is 2.12 bits per heavy atom. The molecule has 24 heavy (non-hydrogen) atoms. The number of benzene rings is 2. The van der Waals surface area contributed by atoms with E-state index in [4.69, 9.17) is 4.74 Å². The van der Waals surface area contributed by atoms with Gasteiger partial charge in [0.15, 0.2) is 0 Å². The Balaban J connectivity index is 1.65. The molecule has 0 aliphatic rings. The number of nitrogens with one attached hydrogen (secondary N) is 2. The van der Waals surface area contributed by atoms with Crippen molar-refractivity contribution in [3.05, 3.63) is 71.8 Å². The molecular formula is C17H20N2O4S. The largest absolute Gasteiger partial charge is 0.445 e. The van der Waals surface area contributed by atoms with Gasteiger partial charge < -0.3 is 10.1 Å². The molecule has 0 saturated carbocycles. The highest BCUT2D eigenvalue weighted by Crippen LogP contribution is 2.01. The van der Waals surface area contributed by atoms with E-state index in [0.717, 1.165) is 11.1 Å². The molecule has 6 nitrogen and oxygen atoms in total. The predicted octanol–water partition coefficient (Wildman–Crippen LogP) is 2.03. The first-order chi connectivity index (χ1) is 11.6. The average Bonchev–Trinajstić information content (AvgIpc) is 2.60. The van der Waals surface area contributed by atoms with Crippen molar-refractivity contribution in [2.24, 2.45) is 0 Å². The molecule has 0 heterocycles. The zero-order chi connectivity index (χ0) is 17.3. The fourth-order valence-corrected chi connectivity index (χ4v) is 2.82. The van der Waals surface area contributed by atoms with Gasteiger partial charge in [-0.05, 0) is 11.1 Å². The number of sulfonamides is 1. The molecule has 0 spiro atoms. The molecule has 7 heteroatoms. The van der Waals surface area contributed by atoms with Gasteiger partial charge in [-0.25, -0.2) is 17.9 Å². The van der Waals surface area contributed by atoms with Crippen LogP contribution in [0.3, 0.4) is 0 Å². The van der Waals surface area contributed by atoms with E-state index in [9.17, 15) is 13.2 Å². The van der Waals surface area contributed by atoms with Crippen molar-refractivity contribution in [2.75, 3.05) is 12.3 Å². The van der Waals surface area contributed by atoms with E-state index in [0.29, 0.717) is 0 Å². The van der Waals surface area contributed by atoms with Gasteiger partial charge in [-0.2, -0.15) is 0 Å². The van der Waals surface area contributed by atoms with Crippen LogP contribution in [0, 0.1) is 0 Å². The summed E-state index contributed by atoms with van der Waals surface area (Å²) in [5, 5.41) is 2.43.